The van der Waals surface area contributed by atoms with Gasteiger partial charge in [0.15, 0.2) is 4.80 Å². The molecule has 1 aliphatic heterocycles. The second-order valence-corrected chi connectivity index (χ2v) is 12.9. The molecule has 7 nitrogen and oxygen atoms in total. The molecule has 0 saturated carbocycles. The first-order valence-electron chi connectivity index (χ1n) is 14.7. The summed E-state index contributed by atoms with van der Waals surface area (Å²) in [6.45, 7) is 4.38. The van der Waals surface area contributed by atoms with Crippen molar-refractivity contribution in [2.75, 3.05) is 11.9 Å². The van der Waals surface area contributed by atoms with E-state index in [1.165, 1.54) is 11.3 Å². The van der Waals surface area contributed by atoms with Crippen LogP contribution in [-0.2, 0) is 11.4 Å². The molecule has 6 rings (SSSR count). The maximum atomic E-state index is 14.3. The molecule has 1 amide bonds. The number of rotatable bonds is 9. The lowest BCUT2D eigenvalue weighted by Crippen LogP contribution is -2.40. The number of ether oxygens (including phenoxy) is 2. The van der Waals surface area contributed by atoms with Crippen molar-refractivity contribution < 1.29 is 14.3 Å². The van der Waals surface area contributed by atoms with Crippen LogP contribution in [0.5, 0.6) is 11.5 Å². The van der Waals surface area contributed by atoms with Crippen molar-refractivity contribution in [2.45, 2.75) is 26.5 Å². The van der Waals surface area contributed by atoms with Crippen LogP contribution in [0.15, 0.2) is 112 Å². The van der Waals surface area contributed by atoms with Gasteiger partial charge < -0.3 is 14.8 Å². The van der Waals surface area contributed by atoms with Crippen molar-refractivity contribution in [3.8, 4) is 11.5 Å². The number of carbonyl (C=O) groups excluding carboxylic acids is 1. The fourth-order valence-electron chi connectivity index (χ4n) is 5.26. The number of carbonyl (C=O) groups is 1. The number of halogens is 3. The summed E-state index contributed by atoms with van der Waals surface area (Å²) in [6.07, 6.45) is 1.73. The Morgan fingerprint density at radius 2 is 1.68 bits per heavy atom. The Bertz CT molecular complexity index is 2180. The number of aromatic nitrogens is 1. The summed E-state index contributed by atoms with van der Waals surface area (Å²) in [5.41, 5.74) is 3.29. The van der Waals surface area contributed by atoms with Crippen LogP contribution >= 0.6 is 46.1 Å². The van der Waals surface area contributed by atoms with E-state index < -0.39 is 6.04 Å². The van der Waals surface area contributed by atoms with Gasteiger partial charge in [-0.1, -0.05) is 82.5 Å². The fraction of sp³-hybridized carbons (Fsp3) is 0.139. The molecule has 0 aliphatic carbocycles. The molecule has 11 heteroatoms. The van der Waals surface area contributed by atoms with Gasteiger partial charge in [-0.3, -0.25) is 14.2 Å². The molecule has 4 aromatic carbocycles. The molecule has 47 heavy (non-hydrogen) atoms. The summed E-state index contributed by atoms with van der Waals surface area (Å²) in [7, 11) is 0. The molecule has 0 radical (unpaired) electrons. The van der Waals surface area contributed by atoms with E-state index in [1.807, 2.05) is 49.4 Å². The highest BCUT2D eigenvalue weighted by molar-refractivity contribution is 7.07. The maximum Gasteiger partial charge on any atom is 0.271 e. The van der Waals surface area contributed by atoms with Gasteiger partial charge in [-0.05, 0) is 80.1 Å². The van der Waals surface area contributed by atoms with E-state index in [2.05, 4.69) is 5.32 Å². The molecule has 1 N–H and O–H groups in total. The van der Waals surface area contributed by atoms with Crippen LogP contribution in [0.4, 0.5) is 5.69 Å². The quantitative estimate of drug-likeness (QED) is 0.170. The largest absolute Gasteiger partial charge is 0.494 e. The standard InChI is InChI=1S/C36H28Cl3N3O4S/c1-3-45-28-14-10-22(11-15-28)33-32(34(43)41-27-7-5-4-6-8-27)21(2)40-36-42(33)35(44)31(47-36)18-24-17-25(37)13-16-30(24)46-20-23-9-12-26(38)19-29(23)39/h4-19,33H,3,20H2,1-2H3,(H,41,43)/b31-18-/t33-/m0/s1. The summed E-state index contributed by atoms with van der Waals surface area (Å²) < 4.78 is 13.8. The first-order valence-corrected chi connectivity index (χ1v) is 16.6. The molecule has 0 fully saturated rings. The highest BCUT2D eigenvalue weighted by Gasteiger charge is 2.32. The van der Waals surface area contributed by atoms with Crippen LogP contribution in [0.1, 0.15) is 36.6 Å². The third-order valence-corrected chi connectivity index (χ3v) is 9.27. The van der Waals surface area contributed by atoms with Crippen LogP contribution in [0.25, 0.3) is 6.08 Å². The third kappa shape index (κ3) is 7.16. The summed E-state index contributed by atoms with van der Waals surface area (Å²) in [5, 5.41) is 4.46. The van der Waals surface area contributed by atoms with E-state index in [4.69, 9.17) is 49.3 Å². The SMILES string of the molecule is CCOc1ccc([C@H]2C(C(=O)Nc3ccccc3)=C(C)N=c3s/c(=C\c4cc(Cl)ccc4OCc4ccc(Cl)cc4Cl)c(=O)n32)cc1. The van der Waals surface area contributed by atoms with E-state index in [9.17, 15) is 9.59 Å². The van der Waals surface area contributed by atoms with Crippen molar-refractivity contribution in [2.24, 2.45) is 4.99 Å². The van der Waals surface area contributed by atoms with Crippen molar-refractivity contribution in [1.82, 2.24) is 4.57 Å². The van der Waals surface area contributed by atoms with Crippen LogP contribution in [0.3, 0.4) is 0 Å². The highest BCUT2D eigenvalue weighted by Crippen LogP contribution is 2.32. The number of allylic oxidation sites excluding steroid dienone is 1. The molecule has 0 spiro atoms. The zero-order valence-electron chi connectivity index (χ0n) is 25.3. The van der Waals surface area contributed by atoms with Gasteiger partial charge in [0.1, 0.15) is 18.1 Å². The number of para-hydroxylation sites is 1. The molecule has 5 aromatic rings. The molecule has 1 aromatic heterocycles. The Balaban J connectivity index is 1.43. The minimum Gasteiger partial charge on any atom is -0.494 e. The van der Waals surface area contributed by atoms with E-state index in [0.29, 0.717) is 65.0 Å². The minimum atomic E-state index is -0.741. The lowest BCUT2D eigenvalue weighted by Gasteiger charge is -2.25. The summed E-state index contributed by atoms with van der Waals surface area (Å²) in [4.78, 5) is 33.3. The molecular weight excluding hydrogens is 677 g/mol. The molecule has 238 valence electrons. The number of nitrogens with zero attached hydrogens (tertiary/aromatic N) is 2. The minimum absolute atomic E-state index is 0.177. The summed E-state index contributed by atoms with van der Waals surface area (Å²) >= 11 is 20.0. The van der Waals surface area contributed by atoms with Gasteiger partial charge in [0, 0.05) is 31.9 Å². The van der Waals surface area contributed by atoms with Gasteiger partial charge in [-0.2, -0.15) is 0 Å². The number of fused-ring (bicyclic) bond motifs is 1. The van der Waals surface area contributed by atoms with Crippen molar-refractivity contribution in [1.29, 1.82) is 0 Å². The van der Waals surface area contributed by atoms with E-state index in [-0.39, 0.29) is 18.1 Å². The number of nitrogens with one attached hydrogen (secondary N) is 1. The van der Waals surface area contributed by atoms with Crippen molar-refractivity contribution in [3.63, 3.8) is 0 Å². The monoisotopic (exact) mass is 703 g/mol. The average Bonchev–Trinajstić information content (AvgIpc) is 3.35. The Kier molecular flexibility index (Phi) is 9.84. The molecule has 0 saturated heterocycles. The van der Waals surface area contributed by atoms with E-state index >= 15 is 0 Å². The number of amides is 1. The Labute approximate surface area is 290 Å². The van der Waals surface area contributed by atoms with Crippen molar-refractivity contribution >= 4 is 63.8 Å². The average molecular weight is 705 g/mol. The number of hydrogen-bond donors (Lipinski definition) is 1. The molecule has 1 atom stereocenters. The first kappa shape index (κ1) is 32.6. The smallest absolute Gasteiger partial charge is 0.271 e. The van der Waals surface area contributed by atoms with Gasteiger partial charge in [-0.15, -0.1) is 0 Å². The molecule has 0 bridgehead atoms. The molecule has 1 aliphatic rings. The second kappa shape index (κ2) is 14.2. The highest BCUT2D eigenvalue weighted by atomic mass is 35.5. The third-order valence-electron chi connectivity index (χ3n) is 7.46. The lowest BCUT2D eigenvalue weighted by atomic mass is 9.95. The molecular formula is C36H28Cl3N3O4S. The van der Waals surface area contributed by atoms with Crippen molar-refractivity contribution in [3.05, 3.63) is 154 Å². The van der Waals surface area contributed by atoms with Gasteiger partial charge >= 0.3 is 0 Å². The zero-order valence-corrected chi connectivity index (χ0v) is 28.4. The first-order chi connectivity index (χ1) is 22.7. The van der Waals surface area contributed by atoms with Gasteiger partial charge in [0.25, 0.3) is 11.5 Å². The summed E-state index contributed by atoms with van der Waals surface area (Å²) in [6, 6.07) is 26.2. The van der Waals surface area contributed by atoms with E-state index in [1.54, 1.807) is 66.1 Å². The van der Waals surface area contributed by atoms with Gasteiger partial charge in [-0.25, -0.2) is 4.99 Å². The maximum absolute atomic E-state index is 14.3. The summed E-state index contributed by atoms with van der Waals surface area (Å²) in [5.74, 6) is 0.846. The van der Waals surface area contributed by atoms with Crippen LogP contribution in [0, 0.1) is 0 Å². The lowest BCUT2D eigenvalue weighted by molar-refractivity contribution is -0.113. The predicted octanol–water partition coefficient (Wildman–Crippen LogP) is 7.81. The normalized spacial score (nSPS) is 14.4. The number of thiazole rings is 1. The predicted molar refractivity (Wildman–Crippen MR) is 189 cm³/mol. The van der Waals surface area contributed by atoms with Crippen LogP contribution in [0.2, 0.25) is 15.1 Å². The second-order valence-electron chi connectivity index (χ2n) is 10.6. The van der Waals surface area contributed by atoms with Gasteiger partial charge in [0.05, 0.1) is 28.5 Å². The zero-order chi connectivity index (χ0) is 33.1. The topological polar surface area (TPSA) is 81.9 Å². The van der Waals surface area contributed by atoms with Crippen LogP contribution < -0.4 is 29.7 Å². The Morgan fingerprint density at radius 1 is 0.957 bits per heavy atom. The number of benzene rings is 4. The number of anilines is 1. The fourth-order valence-corrected chi connectivity index (χ4v) is 6.94. The van der Waals surface area contributed by atoms with Crippen LogP contribution in [-0.4, -0.2) is 17.1 Å². The molecule has 0 unspecified atom stereocenters. The van der Waals surface area contributed by atoms with Gasteiger partial charge in [0.2, 0.25) is 0 Å². The van der Waals surface area contributed by atoms with E-state index in [0.717, 1.165) is 11.1 Å². The number of hydrogen-bond acceptors (Lipinski definition) is 6. The Hall–Kier alpha value is -4.34. The Morgan fingerprint density at radius 3 is 2.40 bits per heavy atom. The molecule has 2 heterocycles.